The summed E-state index contributed by atoms with van der Waals surface area (Å²) in [6, 6.07) is 2.13. The summed E-state index contributed by atoms with van der Waals surface area (Å²) in [5.41, 5.74) is 1.22. The zero-order valence-corrected chi connectivity index (χ0v) is 16.0. The molecule has 3 heterocycles. The molecule has 8 heteroatoms. The topological polar surface area (TPSA) is 63.3 Å². The third-order valence-electron chi connectivity index (χ3n) is 4.23. The van der Waals surface area contributed by atoms with E-state index in [2.05, 4.69) is 78.8 Å². The van der Waals surface area contributed by atoms with Crippen LogP contribution in [0.4, 0.5) is 0 Å². The van der Waals surface area contributed by atoms with E-state index in [0.29, 0.717) is 6.54 Å². The molecule has 0 unspecified atom stereocenters. The van der Waals surface area contributed by atoms with Gasteiger partial charge in [-0.3, -0.25) is 0 Å². The summed E-state index contributed by atoms with van der Waals surface area (Å²) in [4.78, 5) is 6.88. The maximum Gasteiger partial charge on any atom is 0.194 e. The predicted octanol–water partition coefficient (Wildman–Crippen LogP) is 1.92. The molecule has 0 atom stereocenters. The number of nitrogens with one attached hydrogen (secondary N) is 1. The van der Waals surface area contributed by atoms with Crippen LogP contribution in [0.25, 0.3) is 0 Å². The highest BCUT2D eigenvalue weighted by atomic mass is 79.9. The molecular weight excluding hydrogens is 370 g/mol. The maximum atomic E-state index is 4.75. The molecule has 0 fully saturated rings. The quantitative estimate of drug-likeness (QED) is 0.622. The molecule has 3 rings (SSSR count). The lowest BCUT2D eigenvalue weighted by atomic mass is 10.4. The fourth-order valence-electron chi connectivity index (χ4n) is 2.98. The average molecular weight is 394 g/mol. The molecule has 1 N–H and O–H groups in total. The van der Waals surface area contributed by atoms with Crippen LogP contribution in [0, 0.1) is 0 Å². The van der Waals surface area contributed by atoms with Crippen molar-refractivity contribution in [3.05, 3.63) is 34.1 Å². The number of aliphatic imine (C=N–C) groups is 1. The second-order valence-corrected chi connectivity index (χ2v) is 6.99. The summed E-state index contributed by atoms with van der Waals surface area (Å²) in [7, 11) is 4.11. The van der Waals surface area contributed by atoms with E-state index < -0.39 is 0 Å². The first-order chi connectivity index (χ1) is 11.6. The van der Waals surface area contributed by atoms with E-state index in [4.69, 9.17) is 4.99 Å². The van der Waals surface area contributed by atoms with Crippen LogP contribution in [0.5, 0.6) is 0 Å². The highest BCUT2D eigenvalue weighted by Crippen LogP contribution is 2.16. The number of halogens is 1. The number of aryl methyl sites for hydroxylation is 2. The highest BCUT2D eigenvalue weighted by Gasteiger charge is 2.17. The SMILES string of the molecule is CCNC(=NCc1nnc2n1CCC2)N(C)Cc1cc(Br)cn1C. The Hall–Kier alpha value is -1.83. The molecule has 1 aliphatic heterocycles. The minimum Gasteiger partial charge on any atom is -0.357 e. The third-order valence-corrected chi connectivity index (χ3v) is 4.66. The van der Waals surface area contributed by atoms with Gasteiger partial charge in [0.25, 0.3) is 0 Å². The van der Waals surface area contributed by atoms with Crippen LogP contribution in [-0.2, 0) is 33.1 Å². The average Bonchev–Trinajstić information content (AvgIpc) is 3.21. The van der Waals surface area contributed by atoms with Crippen LogP contribution in [0.15, 0.2) is 21.7 Å². The number of guanidine groups is 1. The standard InChI is InChI=1S/C16H24BrN7/c1-4-18-16(23(3)11-13-8-12(17)10-22(13)2)19-9-15-21-20-14-6-5-7-24(14)15/h8,10H,4-7,9,11H2,1-3H3,(H,18,19). The van der Waals surface area contributed by atoms with Crippen molar-refractivity contribution in [2.45, 2.75) is 39.4 Å². The van der Waals surface area contributed by atoms with Gasteiger partial charge in [0, 0.05) is 50.0 Å². The second-order valence-electron chi connectivity index (χ2n) is 6.07. The van der Waals surface area contributed by atoms with E-state index in [0.717, 1.165) is 54.6 Å². The molecule has 2 aromatic heterocycles. The Morgan fingerprint density at radius 2 is 2.29 bits per heavy atom. The van der Waals surface area contributed by atoms with Crippen molar-refractivity contribution in [2.24, 2.45) is 12.0 Å². The zero-order valence-electron chi connectivity index (χ0n) is 14.5. The molecule has 1 aliphatic rings. The minimum absolute atomic E-state index is 0.552. The van der Waals surface area contributed by atoms with Gasteiger partial charge in [-0.15, -0.1) is 10.2 Å². The summed E-state index contributed by atoms with van der Waals surface area (Å²) in [5.74, 6) is 2.92. The second kappa shape index (κ2) is 7.38. The van der Waals surface area contributed by atoms with Crippen molar-refractivity contribution in [1.29, 1.82) is 0 Å². The number of hydrogen-bond acceptors (Lipinski definition) is 3. The van der Waals surface area contributed by atoms with Gasteiger partial charge in [0.1, 0.15) is 12.4 Å². The van der Waals surface area contributed by atoms with Crippen LogP contribution >= 0.6 is 15.9 Å². The summed E-state index contributed by atoms with van der Waals surface area (Å²) < 4.78 is 5.41. The number of rotatable bonds is 5. The van der Waals surface area contributed by atoms with E-state index in [1.807, 2.05) is 0 Å². The van der Waals surface area contributed by atoms with Crippen LogP contribution in [0.1, 0.15) is 30.7 Å². The monoisotopic (exact) mass is 393 g/mol. The molecule has 0 aliphatic carbocycles. The lowest BCUT2D eigenvalue weighted by Crippen LogP contribution is -2.38. The van der Waals surface area contributed by atoms with Gasteiger partial charge in [-0.25, -0.2) is 4.99 Å². The summed E-state index contributed by atoms with van der Waals surface area (Å²) >= 11 is 3.52. The predicted molar refractivity (Wildman–Crippen MR) is 97.7 cm³/mol. The third kappa shape index (κ3) is 3.63. The molecular formula is C16H24BrN7. The highest BCUT2D eigenvalue weighted by molar-refractivity contribution is 9.10. The fourth-order valence-corrected chi connectivity index (χ4v) is 3.56. The van der Waals surface area contributed by atoms with Crippen molar-refractivity contribution in [3.8, 4) is 0 Å². The Balaban J connectivity index is 1.71. The smallest absolute Gasteiger partial charge is 0.194 e. The van der Waals surface area contributed by atoms with E-state index in [9.17, 15) is 0 Å². The van der Waals surface area contributed by atoms with Crippen LogP contribution < -0.4 is 5.32 Å². The Morgan fingerprint density at radius 1 is 1.46 bits per heavy atom. The summed E-state index contributed by atoms with van der Waals surface area (Å²) in [5, 5.41) is 11.9. The van der Waals surface area contributed by atoms with Crippen molar-refractivity contribution in [1.82, 2.24) is 29.5 Å². The largest absolute Gasteiger partial charge is 0.357 e. The van der Waals surface area contributed by atoms with E-state index in [1.54, 1.807) is 0 Å². The fraction of sp³-hybridized carbons (Fsp3) is 0.562. The minimum atomic E-state index is 0.552. The van der Waals surface area contributed by atoms with Gasteiger partial charge >= 0.3 is 0 Å². The first-order valence-electron chi connectivity index (χ1n) is 8.29. The van der Waals surface area contributed by atoms with Gasteiger partial charge in [0.05, 0.1) is 6.54 Å². The molecule has 0 saturated heterocycles. The van der Waals surface area contributed by atoms with Crippen molar-refractivity contribution < 1.29 is 0 Å². The first kappa shape index (κ1) is 17.0. The summed E-state index contributed by atoms with van der Waals surface area (Å²) in [6.07, 6.45) is 4.25. The number of hydrogen-bond donors (Lipinski definition) is 1. The maximum absolute atomic E-state index is 4.75. The molecule has 0 radical (unpaired) electrons. The van der Waals surface area contributed by atoms with E-state index in [1.165, 1.54) is 5.69 Å². The molecule has 0 amide bonds. The molecule has 24 heavy (non-hydrogen) atoms. The Kier molecular flexibility index (Phi) is 5.23. The van der Waals surface area contributed by atoms with E-state index >= 15 is 0 Å². The van der Waals surface area contributed by atoms with E-state index in [-0.39, 0.29) is 0 Å². The van der Waals surface area contributed by atoms with Crippen LogP contribution in [0.3, 0.4) is 0 Å². The molecule has 0 aromatic carbocycles. The number of aromatic nitrogens is 4. The zero-order chi connectivity index (χ0) is 17.1. The number of nitrogens with zero attached hydrogens (tertiary/aromatic N) is 6. The normalized spacial score (nSPS) is 14.1. The van der Waals surface area contributed by atoms with Crippen LogP contribution in [0.2, 0.25) is 0 Å². The molecule has 130 valence electrons. The van der Waals surface area contributed by atoms with Crippen molar-refractivity contribution >= 4 is 21.9 Å². The van der Waals surface area contributed by atoms with Crippen molar-refractivity contribution in [3.63, 3.8) is 0 Å². The Bertz CT molecular complexity index is 731. The van der Waals surface area contributed by atoms with Crippen molar-refractivity contribution in [2.75, 3.05) is 13.6 Å². The first-order valence-corrected chi connectivity index (χ1v) is 9.09. The van der Waals surface area contributed by atoms with Gasteiger partial charge in [0.15, 0.2) is 11.8 Å². The lowest BCUT2D eigenvalue weighted by molar-refractivity contribution is 0.461. The summed E-state index contributed by atoms with van der Waals surface area (Å²) in [6.45, 7) is 5.26. The molecule has 0 bridgehead atoms. The van der Waals surface area contributed by atoms with Gasteiger partial charge in [0.2, 0.25) is 0 Å². The molecule has 2 aromatic rings. The molecule has 7 nitrogen and oxygen atoms in total. The molecule has 0 spiro atoms. The molecule has 0 saturated carbocycles. The Morgan fingerprint density at radius 3 is 3.00 bits per heavy atom. The van der Waals surface area contributed by atoms with Gasteiger partial charge in [-0.2, -0.15) is 0 Å². The van der Waals surface area contributed by atoms with Gasteiger partial charge in [-0.05, 0) is 35.3 Å². The Labute approximate surface area is 150 Å². The van der Waals surface area contributed by atoms with Gasteiger partial charge < -0.3 is 19.4 Å². The van der Waals surface area contributed by atoms with Crippen LogP contribution in [-0.4, -0.2) is 43.8 Å². The van der Waals surface area contributed by atoms with Gasteiger partial charge in [-0.1, -0.05) is 0 Å². The number of fused-ring (bicyclic) bond motifs is 1. The lowest BCUT2D eigenvalue weighted by Gasteiger charge is -2.22.